The van der Waals surface area contributed by atoms with Crippen molar-refractivity contribution in [2.24, 2.45) is 0 Å². The van der Waals surface area contributed by atoms with Crippen LogP contribution in [0.2, 0.25) is 0 Å². The Hall–Kier alpha value is -4.14. The van der Waals surface area contributed by atoms with Gasteiger partial charge in [-0.05, 0) is 57.5 Å². The molecule has 9 nitrogen and oxygen atoms in total. The van der Waals surface area contributed by atoms with Gasteiger partial charge in [0.25, 0.3) is 0 Å². The Kier molecular flexibility index (Phi) is 5.63. The average Bonchev–Trinajstić information content (AvgIpc) is 3.15. The molecule has 32 heavy (non-hydrogen) atoms. The number of nitrogens with one attached hydrogen (secondary N) is 2. The van der Waals surface area contributed by atoms with Gasteiger partial charge in [0.05, 0.1) is 0 Å². The van der Waals surface area contributed by atoms with Crippen LogP contribution in [0.5, 0.6) is 17.6 Å². The van der Waals surface area contributed by atoms with Crippen molar-refractivity contribution < 1.29 is 9.47 Å². The first-order valence-electron chi connectivity index (χ1n) is 10.1. The summed E-state index contributed by atoms with van der Waals surface area (Å²) in [4.78, 5) is 12.9. The van der Waals surface area contributed by atoms with Crippen LogP contribution in [0, 0.1) is 6.92 Å². The van der Waals surface area contributed by atoms with E-state index in [2.05, 4.69) is 30.5 Å². The third-order valence-corrected chi connectivity index (χ3v) is 4.19. The Morgan fingerprint density at radius 3 is 2.56 bits per heavy atom. The highest BCUT2D eigenvalue weighted by atomic mass is 16.5. The summed E-state index contributed by atoms with van der Waals surface area (Å²) in [5.74, 6) is 2.18. The van der Waals surface area contributed by atoms with E-state index in [1.807, 2.05) is 76.2 Å². The van der Waals surface area contributed by atoms with Gasteiger partial charge in [0, 0.05) is 17.3 Å². The molecular formula is C23H25N7O2. The molecule has 0 bridgehead atoms. The van der Waals surface area contributed by atoms with Gasteiger partial charge in [-0.1, -0.05) is 24.3 Å². The molecule has 0 spiro atoms. The minimum atomic E-state index is -0.457. The molecule has 2 heterocycles. The molecule has 0 saturated heterocycles. The van der Waals surface area contributed by atoms with E-state index in [1.165, 1.54) is 0 Å². The summed E-state index contributed by atoms with van der Waals surface area (Å²) in [5.41, 5.74) is 8.30. The van der Waals surface area contributed by atoms with Gasteiger partial charge in [-0.25, -0.2) is 0 Å². The van der Waals surface area contributed by atoms with Gasteiger partial charge in [0.2, 0.25) is 11.8 Å². The maximum atomic E-state index is 5.90. The predicted octanol–water partition coefficient (Wildman–Crippen LogP) is 4.87. The Labute approximate surface area is 186 Å². The number of nitrogen functional groups attached to an aromatic ring is 1. The fourth-order valence-corrected chi connectivity index (χ4v) is 2.92. The van der Waals surface area contributed by atoms with Gasteiger partial charge in [0.1, 0.15) is 17.2 Å². The second kappa shape index (κ2) is 8.54. The Balaban J connectivity index is 1.52. The molecule has 2 aromatic carbocycles. The van der Waals surface area contributed by atoms with Gasteiger partial charge in [-0.3, -0.25) is 5.10 Å². The van der Waals surface area contributed by atoms with E-state index in [4.69, 9.17) is 15.2 Å². The number of aromatic amines is 1. The largest absolute Gasteiger partial charge is 0.458 e. The fraction of sp³-hybridized carbons (Fsp3) is 0.217. The molecule has 0 saturated carbocycles. The third kappa shape index (κ3) is 5.51. The van der Waals surface area contributed by atoms with E-state index >= 15 is 0 Å². The first kappa shape index (κ1) is 21.1. The summed E-state index contributed by atoms with van der Waals surface area (Å²) in [6.07, 6.45) is 0. The van der Waals surface area contributed by atoms with Crippen LogP contribution < -0.4 is 20.5 Å². The van der Waals surface area contributed by atoms with Crippen LogP contribution in [0.25, 0.3) is 11.4 Å². The maximum Gasteiger partial charge on any atom is 0.322 e. The maximum absolute atomic E-state index is 5.90. The number of rotatable bonds is 6. The van der Waals surface area contributed by atoms with Gasteiger partial charge >= 0.3 is 6.01 Å². The van der Waals surface area contributed by atoms with Gasteiger partial charge in [0.15, 0.2) is 5.82 Å². The van der Waals surface area contributed by atoms with Crippen LogP contribution in [0.3, 0.4) is 0 Å². The molecule has 0 aliphatic carbocycles. The van der Waals surface area contributed by atoms with Crippen molar-refractivity contribution in [3.8, 4) is 29.0 Å². The van der Waals surface area contributed by atoms with Crippen LogP contribution in [-0.2, 0) is 0 Å². The van der Waals surface area contributed by atoms with Crippen LogP contribution >= 0.6 is 0 Å². The van der Waals surface area contributed by atoms with E-state index in [0.717, 1.165) is 16.8 Å². The number of aryl methyl sites for hydroxylation is 1. The molecule has 4 rings (SSSR count). The Morgan fingerprint density at radius 2 is 1.78 bits per heavy atom. The van der Waals surface area contributed by atoms with E-state index in [0.29, 0.717) is 17.5 Å². The summed E-state index contributed by atoms with van der Waals surface area (Å²) in [5, 5.41) is 10.4. The van der Waals surface area contributed by atoms with Crippen molar-refractivity contribution in [2.45, 2.75) is 33.3 Å². The Morgan fingerprint density at radius 1 is 0.969 bits per heavy atom. The molecule has 0 aliphatic heterocycles. The van der Waals surface area contributed by atoms with E-state index < -0.39 is 5.60 Å². The highest BCUT2D eigenvalue weighted by Gasteiger charge is 2.16. The van der Waals surface area contributed by atoms with Crippen molar-refractivity contribution in [3.63, 3.8) is 0 Å². The molecule has 0 radical (unpaired) electrons. The minimum Gasteiger partial charge on any atom is -0.458 e. The number of aromatic nitrogens is 5. The lowest BCUT2D eigenvalue weighted by Crippen LogP contribution is -2.24. The summed E-state index contributed by atoms with van der Waals surface area (Å²) in [6.45, 7) is 7.75. The summed E-state index contributed by atoms with van der Waals surface area (Å²) in [7, 11) is 0. The van der Waals surface area contributed by atoms with Crippen LogP contribution in [0.15, 0.2) is 54.6 Å². The summed E-state index contributed by atoms with van der Waals surface area (Å²) in [6, 6.07) is 17.1. The number of nitrogens with two attached hydrogens (primary N) is 1. The van der Waals surface area contributed by atoms with Crippen molar-refractivity contribution >= 4 is 17.5 Å². The quantitative estimate of drug-likeness (QED) is 0.395. The third-order valence-electron chi connectivity index (χ3n) is 4.19. The highest BCUT2D eigenvalue weighted by Crippen LogP contribution is 2.28. The van der Waals surface area contributed by atoms with Crippen molar-refractivity contribution in [2.75, 3.05) is 11.1 Å². The predicted molar refractivity (Wildman–Crippen MR) is 123 cm³/mol. The fourth-order valence-electron chi connectivity index (χ4n) is 2.92. The molecular weight excluding hydrogens is 406 g/mol. The molecule has 4 N–H and O–H groups in total. The Bertz CT molecular complexity index is 1230. The van der Waals surface area contributed by atoms with Crippen LogP contribution in [-0.4, -0.2) is 30.8 Å². The summed E-state index contributed by atoms with van der Waals surface area (Å²) >= 11 is 0. The van der Waals surface area contributed by atoms with Gasteiger partial charge < -0.3 is 20.5 Å². The lowest BCUT2D eigenvalue weighted by atomic mass is 10.2. The SMILES string of the molecule is Cc1cccc(Nc2n[nH]c(-c3cccc(Oc4cc(N)nc(OC(C)(C)C)n4)c3)n2)c1. The number of H-pyrrole nitrogens is 1. The smallest absolute Gasteiger partial charge is 0.322 e. The highest BCUT2D eigenvalue weighted by molar-refractivity contribution is 5.61. The standard InChI is InChI=1S/C23H25N7O2/c1-14-7-5-9-16(11-14)25-21-28-20(29-30-21)15-8-6-10-17(12-15)31-19-13-18(24)26-22(27-19)32-23(2,3)4/h5-13H,1-4H3,(H2,24,26,27)(H2,25,28,29,30). The molecule has 164 valence electrons. The molecule has 0 atom stereocenters. The average molecular weight is 432 g/mol. The number of nitrogens with zero attached hydrogens (tertiary/aromatic N) is 4. The number of ether oxygens (including phenoxy) is 2. The number of benzene rings is 2. The van der Waals surface area contributed by atoms with Crippen LogP contribution in [0.4, 0.5) is 17.5 Å². The molecule has 0 fully saturated rings. The molecule has 0 aliphatic rings. The molecule has 0 unspecified atom stereocenters. The number of hydrogen-bond donors (Lipinski definition) is 3. The van der Waals surface area contributed by atoms with Crippen LogP contribution in [0.1, 0.15) is 26.3 Å². The monoisotopic (exact) mass is 431 g/mol. The van der Waals surface area contributed by atoms with E-state index in [9.17, 15) is 0 Å². The zero-order valence-corrected chi connectivity index (χ0v) is 18.4. The first-order valence-corrected chi connectivity index (χ1v) is 10.1. The normalized spacial score (nSPS) is 11.2. The first-order chi connectivity index (χ1) is 15.2. The van der Waals surface area contributed by atoms with Crippen molar-refractivity contribution in [1.82, 2.24) is 25.1 Å². The summed E-state index contributed by atoms with van der Waals surface area (Å²) < 4.78 is 11.6. The molecule has 9 heteroatoms. The molecule has 4 aromatic rings. The van der Waals surface area contributed by atoms with Gasteiger partial charge in [-0.2, -0.15) is 15.0 Å². The second-order valence-corrected chi connectivity index (χ2v) is 8.26. The molecule has 2 aromatic heterocycles. The number of hydrogen-bond acceptors (Lipinski definition) is 8. The molecule has 0 amide bonds. The lowest BCUT2D eigenvalue weighted by Gasteiger charge is -2.19. The minimum absolute atomic E-state index is 0.158. The zero-order valence-electron chi connectivity index (χ0n) is 18.4. The van der Waals surface area contributed by atoms with E-state index in [-0.39, 0.29) is 17.7 Å². The van der Waals surface area contributed by atoms with Crippen molar-refractivity contribution in [3.05, 3.63) is 60.2 Å². The zero-order chi connectivity index (χ0) is 22.7. The van der Waals surface area contributed by atoms with E-state index in [1.54, 1.807) is 6.07 Å². The second-order valence-electron chi connectivity index (χ2n) is 8.26. The topological polar surface area (TPSA) is 124 Å². The number of anilines is 3. The lowest BCUT2D eigenvalue weighted by molar-refractivity contribution is 0.116. The van der Waals surface area contributed by atoms with Gasteiger partial charge in [-0.15, -0.1) is 5.10 Å². The van der Waals surface area contributed by atoms with Crippen molar-refractivity contribution in [1.29, 1.82) is 0 Å².